The molecule has 0 aliphatic heterocycles. The standard InChI is InChI=1S/C29H36N2O6S/c1-21(2)19-31(38(35,36)26-15-13-25(37-3)14-16-26)20-28(33)27(17-22-7-5-4-6-8-22)30-29(34)18-23-9-11-24(32)12-10-23/h4-16,21,27-28,32-33H,17-20H2,1-3H3,(H,30,34)/t27-,28+/m0/s1. The van der Waals surface area contributed by atoms with E-state index in [1.54, 1.807) is 24.3 Å². The van der Waals surface area contributed by atoms with Gasteiger partial charge in [0.05, 0.1) is 30.6 Å². The average Bonchev–Trinajstić information content (AvgIpc) is 2.89. The summed E-state index contributed by atoms with van der Waals surface area (Å²) in [6, 6.07) is 21.1. The fourth-order valence-corrected chi connectivity index (χ4v) is 5.74. The molecule has 0 radical (unpaired) electrons. The van der Waals surface area contributed by atoms with Crippen molar-refractivity contribution in [3.8, 4) is 11.5 Å². The second-order valence-corrected chi connectivity index (χ2v) is 11.6. The van der Waals surface area contributed by atoms with E-state index in [0.717, 1.165) is 5.56 Å². The molecule has 0 bridgehead atoms. The van der Waals surface area contributed by atoms with Crippen molar-refractivity contribution in [3.63, 3.8) is 0 Å². The van der Waals surface area contributed by atoms with E-state index < -0.39 is 22.2 Å². The van der Waals surface area contributed by atoms with E-state index in [1.807, 2.05) is 44.2 Å². The zero-order chi connectivity index (χ0) is 27.7. The lowest BCUT2D eigenvalue weighted by atomic mass is 10.00. The van der Waals surface area contributed by atoms with E-state index in [4.69, 9.17) is 4.74 Å². The number of phenolic OH excluding ortho intramolecular Hbond substituents is 1. The number of carbonyl (C=O) groups is 1. The van der Waals surface area contributed by atoms with E-state index in [2.05, 4.69) is 5.32 Å². The highest BCUT2D eigenvalue weighted by Crippen LogP contribution is 2.22. The maximum absolute atomic E-state index is 13.5. The summed E-state index contributed by atoms with van der Waals surface area (Å²) in [6.07, 6.45) is -0.801. The van der Waals surface area contributed by atoms with E-state index in [0.29, 0.717) is 17.7 Å². The molecule has 2 atom stereocenters. The third kappa shape index (κ3) is 8.31. The Bertz CT molecular complexity index is 1260. The molecule has 3 rings (SSSR count). The van der Waals surface area contributed by atoms with Gasteiger partial charge >= 0.3 is 0 Å². The minimum Gasteiger partial charge on any atom is -0.508 e. The molecule has 0 fully saturated rings. The Kier molecular flexibility index (Phi) is 10.3. The monoisotopic (exact) mass is 540 g/mol. The number of methoxy groups -OCH3 is 1. The van der Waals surface area contributed by atoms with Gasteiger partial charge in [0.2, 0.25) is 15.9 Å². The van der Waals surface area contributed by atoms with E-state index >= 15 is 0 Å². The highest BCUT2D eigenvalue weighted by molar-refractivity contribution is 7.89. The molecule has 0 spiro atoms. The van der Waals surface area contributed by atoms with Crippen LogP contribution < -0.4 is 10.1 Å². The summed E-state index contributed by atoms with van der Waals surface area (Å²) in [5.41, 5.74) is 1.60. The molecule has 0 aliphatic rings. The molecule has 0 saturated carbocycles. The quantitative estimate of drug-likeness (QED) is 0.306. The first-order valence-electron chi connectivity index (χ1n) is 12.5. The average molecular weight is 541 g/mol. The second-order valence-electron chi connectivity index (χ2n) is 9.67. The number of carbonyl (C=O) groups excluding carboxylic acids is 1. The molecular formula is C29H36N2O6S. The highest BCUT2D eigenvalue weighted by Gasteiger charge is 2.31. The molecule has 9 heteroatoms. The van der Waals surface area contributed by atoms with Crippen LogP contribution in [0.4, 0.5) is 0 Å². The molecule has 0 unspecified atom stereocenters. The topological polar surface area (TPSA) is 116 Å². The third-order valence-electron chi connectivity index (χ3n) is 6.07. The van der Waals surface area contributed by atoms with E-state index in [-0.39, 0.29) is 42.0 Å². The predicted molar refractivity (Wildman–Crippen MR) is 146 cm³/mol. The van der Waals surface area contributed by atoms with Crippen molar-refractivity contribution in [2.24, 2.45) is 5.92 Å². The number of phenols is 1. The number of benzene rings is 3. The van der Waals surface area contributed by atoms with Crippen molar-refractivity contribution in [2.45, 2.75) is 43.7 Å². The zero-order valence-electron chi connectivity index (χ0n) is 21.9. The lowest BCUT2D eigenvalue weighted by Gasteiger charge is -2.31. The predicted octanol–water partition coefficient (Wildman–Crippen LogP) is 3.38. The van der Waals surface area contributed by atoms with Crippen LogP contribution in [0.3, 0.4) is 0 Å². The van der Waals surface area contributed by atoms with Crippen LogP contribution in [0.2, 0.25) is 0 Å². The number of hydrogen-bond donors (Lipinski definition) is 3. The van der Waals surface area contributed by atoms with Crippen LogP contribution in [0, 0.1) is 5.92 Å². The smallest absolute Gasteiger partial charge is 0.243 e. The molecule has 38 heavy (non-hydrogen) atoms. The highest BCUT2D eigenvalue weighted by atomic mass is 32.2. The Morgan fingerprint density at radius 1 is 0.921 bits per heavy atom. The Balaban J connectivity index is 1.83. The number of hydrogen-bond acceptors (Lipinski definition) is 6. The van der Waals surface area contributed by atoms with Gasteiger partial charge in [-0.1, -0.05) is 56.3 Å². The number of ether oxygens (including phenoxy) is 1. The van der Waals surface area contributed by atoms with Crippen molar-refractivity contribution in [3.05, 3.63) is 90.0 Å². The molecule has 8 nitrogen and oxygen atoms in total. The molecular weight excluding hydrogens is 504 g/mol. The van der Waals surface area contributed by atoms with Crippen LogP contribution in [0.25, 0.3) is 0 Å². The van der Waals surface area contributed by atoms with Crippen LogP contribution in [0.1, 0.15) is 25.0 Å². The number of nitrogens with one attached hydrogen (secondary N) is 1. The molecule has 3 N–H and O–H groups in total. The number of aliphatic hydroxyl groups is 1. The summed E-state index contributed by atoms with van der Waals surface area (Å²) in [7, 11) is -2.41. The van der Waals surface area contributed by atoms with Crippen LogP contribution in [-0.4, -0.2) is 61.2 Å². The number of nitrogens with zero attached hydrogens (tertiary/aromatic N) is 1. The SMILES string of the molecule is COc1ccc(S(=O)(=O)N(CC(C)C)C[C@@H](O)[C@H](Cc2ccccc2)NC(=O)Cc2ccc(O)cc2)cc1. The second kappa shape index (κ2) is 13.4. The Morgan fingerprint density at radius 2 is 1.55 bits per heavy atom. The fraction of sp³-hybridized carbons (Fsp3) is 0.345. The van der Waals surface area contributed by atoms with Gasteiger partial charge in [-0.3, -0.25) is 4.79 Å². The van der Waals surface area contributed by atoms with Crippen molar-refractivity contribution < 1.29 is 28.2 Å². The molecule has 0 aromatic heterocycles. The van der Waals surface area contributed by atoms with Crippen LogP contribution in [0.5, 0.6) is 11.5 Å². The van der Waals surface area contributed by atoms with Gasteiger partial charge in [-0.25, -0.2) is 8.42 Å². The largest absolute Gasteiger partial charge is 0.508 e. The molecule has 204 valence electrons. The van der Waals surface area contributed by atoms with Crippen LogP contribution in [-0.2, 0) is 27.7 Å². The summed E-state index contributed by atoms with van der Waals surface area (Å²) in [6.45, 7) is 3.82. The Labute approximate surface area is 224 Å². The summed E-state index contributed by atoms with van der Waals surface area (Å²) >= 11 is 0. The number of amides is 1. The number of aliphatic hydroxyl groups excluding tert-OH is 1. The zero-order valence-corrected chi connectivity index (χ0v) is 22.8. The minimum absolute atomic E-state index is 0.00637. The van der Waals surface area contributed by atoms with Crippen molar-refractivity contribution in [2.75, 3.05) is 20.2 Å². The van der Waals surface area contributed by atoms with Crippen LogP contribution >= 0.6 is 0 Å². The summed E-state index contributed by atoms with van der Waals surface area (Å²) in [5.74, 6) is 0.337. The van der Waals surface area contributed by atoms with E-state index in [1.165, 1.54) is 35.7 Å². The third-order valence-corrected chi connectivity index (χ3v) is 7.91. The Morgan fingerprint density at radius 3 is 2.13 bits per heavy atom. The minimum atomic E-state index is -3.92. The Hall–Kier alpha value is -3.40. The maximum atomic E-state index is 13.5. The molecule has 3 aromatic carbocycles. The molecule has 0 saturated heterocycles. The van der Waals surface area contributed by atoms with Crippen molar-refractivity contribution in [1.29, 1.82) is 0 Å². The van der Waals surface area contributed by atoms with Gasteiger partial charge in [-0.2, -0.15) is 4.31 Å². The number of rotatable bonds is 13. The lowest BCUT2D eigenvalue weighted by molar-refractivity contribution is -0.122. The summed E-state index contributed by atoms with van der Waals surface area (Å²) < 4.78 is 33.5. The van der Waals surface area contributed by atoms with Crippen molar-refractivity contribution >= 4 is 15.9 Å². The van der Waals surface area contributed by atoms with Gasteiger partial charge in [-0.15, -0.1) is 0 Å². The first-order valence-corrected chi connectivity index (χ1v) is 14.0. The maximum Gasteiger partial charge on any atom is 0.243 e. The van der Waals surface area contributed by atoms with Gasteiger partial charge in [0, 0.05) is 13.1 Å². The summed E-state index contributed by atoms with van der Waals surface area (Å²) in [4.78, 5) is 13.0. The van der Waals surface area contributed by atoms with E-state index in [9.17, 15) is 23.4 Å². The lowest BCUT2D eigenvalue weighted by Crippen LogP contribution is -2.51. The van der Waals surface area contributed by atoms with Gasteiger partial charge in [0.1, 0.15) is 11.5 Å². The van der Waals surface area contributed by atoms with Gasteiger partial charge < -0.3 is 20.3 Å². The van der Waals surface area contributed by atoms with Gasteiger partial charge in [0.15, 0.2) is 0 Å². The first kappa shape index (κ1) is 29.2. The summed E-state index contributed by atoms with van der Waals surface area (Å²) in [5, 5.41) is 23.7. The first-order chi connectivity index (χ1) is 18.1. The van der Waals surface area contributed by atoms with Gasteiger partial charge in [-0.05, 0) is 59.9 Å². The number of sulfonamides is 1. The molecule has 1 amide bonds. The van der Waals surface area contributed by atoms with Crippen LogP contribution in [0.15, 0.2) is 83.8 Å². The van der Waals surface area contributed by atoms with Crippen molar-refractivity contribution in [1.82, 2.24) is 9.62 Å². The molecule has 0 aliphatic carbocycles. The number of aromatic hydroxyl groups is 1. The van der Waals surface area contributed by atoms with Gasteiger partial charge in [0.25, 0.3) is 0 Å². The normalized spacial score (nSPS) is 13.3. The molecule has 0 heterocycles. The fourth-order valence-electron chi connectivity index (χ4n) is 4.12. The molecule has 3 aromatic rings.